The predicted molar refractivity (Wildman–Crippen MR) is 60.1 cm³/mol. The van der Waals surface area contributed by atoms with Gasteiger partial charge in [0.25, 0.3) is 0 Å². The van der Waals surface area contributed by atoms with Crippen LogP contribution in [0.5, 0.6) is 0 Å². The molecule has 1 aliphatic heterocycles. The number of carbonyl (C=O) groups excluding carboxylic acids is 1. The van der Waals surface area contributed by atoms with Crippen LogP contribution in [0.1, 0.15) is 25.7 Å². The van der Waals surface area contributed by atoms with Crippen LogP contribution in [0.25, 0.3) is 0 Å². The molecule has 1 atom stereocenters. The quantitative estimate of drug-likeness (QED) is 0.781. The average Bonchev–Trinajstić information content (AvgIpc) is 2.87. The van der Waals surface area contributed by atoms with Crippen LogP contribution in [0.2, 0.25) is 0 Å². The van der Waals surface area contributed by atoms with Crippen molar-refractivity contribution in [3.8, 4) is 6.07 Å². The molecule has 1 N–H and O–H groups in total. The Morgan fingerprint density at radius 2 is 2.18 bits per heavy atom. The number of nitriles is 1. The molecule has 0 aromatic heterocycles. The van der Waals surface area contributed by atoms with E-state index in [-0.39, 0.29) is 12.0 Å². The maximum absolute atomic E-state index is 12.0. The van der Waals surface area contributed by atoms with Crippen LogP contribution < -0.4 is 5.32 Å². The van der Waals surface area contributed by atoms with Gasteiger partial charge in [-0.15, -0.1) is 0 Å². The SMILES string of the molecule is N#CC1(C(=O)NCC2COCCO2)CCCC1. The average molecular weight is 238 g/mol. The summed E-state index contributed by atoms with van der Waals surface area (Å²) < 4.78 is 10.7. The second-order valence-corrected chi connectivity index (χ2v) is 4.68. The molecule has 0 spiro atoms. The van der Waals surface area contributed by atoms with E-state index in [1.165, 1.54) is 0 Å². The highest BCUT2D eigenvalue weighted by Gasteiger charge is 2.41. The highest BCUT2D eigenvalue weighted by Crippen LogP contribution is 2.37. The zero-order chi connectivity index (χ0) is 12.1. The summed E-state index contributed by atoms with van der Waals surface area (Å²) in [6.07, 6.45) is 3.20. The number of carbonyl (C=O) groups is 1. The predicted octanol–water partition coefficient (Wildman–Crippen LogP) is 0.602. The number of nitrogens with zero attached hydrogens (tertiary/aromatic N) is 1. The fourth-order valence-electron chi connectivity index (χ4n) is 2.40. The first-order valence-corrected chi connectivity index (χ1v) is 6.16. The van der Waals surface area contributed by atoms with Crippen molar-refractivity contribution in [2.45, 2.75) is 31.8 Å². The Morgan fingerprint density at radius 3 is 2.76 bits per heavy atom. The molecule has 94 valence electrons. The second-order valence-electron chi connectivity index (χ2n) is 4.68. The summed E-state index contributed by atoms with van der Waals surface area (Å²) in [5, 5.41) is 12.0. The zero-order valence-electron chi connectivity index (χ0n) is 9.91. The maximum Gasteiger partial charge on any atom is 0.240 e. The lowest BCUT2D eigenvalue weighted by Crippen LogP contribution is -2.44. The molecule has 2 rings (SSSR count). The Kier molecular flexibility index (Phi) is 3.97. The summed E-state index contributed by atoms with van der Waals surface area (Å²) in [4.78, 5) is 12.0. The van der Waals surface area contributed by atoms with Gasteiger partial charge in [-0.3, -0.25) is 4.79 Å². The van der Waals surface area contributed by atoms with Crippen LogP contribution in [0.3, 0.4) is 0 Å². The molecule has 0 bridgehead atoms. The van der Waals surface area contributed by atoms with E-state index in [0.717, 1.165) is 12.8 Å². The number of ether oxygens (including phenoxy) is 2. The molecule has 1 heterocycles. The molecule has 5 heteroatoms. The molecular weight excluding hydrogens is 220 g/mol. The van der Waals surface area contributed by atoms with Crippen molar-refractivity contribution in [2.24, 2.45) is 5.41 Å². The second kappa shape index (κ2) is 5.48. The zero-order valence-corrected chi connectivity index (χ0v) is 9.91. The van der Waals surface area contributed by atoms with Gasteiger partial charge in [0.1, 0.15) is 5.41 Å². The van der Waals surface area contributed by atoms with Gasteiger partial charge in [0, 0.05) is 6.54 Å². The summed E-state index contributed by atoms with van der Waals surface area (Å²) in [6, 6.07) is 2.18. The lowest BCUT2D eigenvalue weighted by Gasteiger charge is -2.25. The smallest absolute Gasteiger partial charge is 0.240 e. The van der Waals surface area contributed by atoms with Crippen molar-refractivity contribution < 1.29 is 14.3 Å². The molecule has 1 saturated heterocycles. The summed E-state index contributed by atoms with van der Waals surface area (Å²) in [5.74, 6) is -0.147. The fraction of sp³-hybridized carbons (Fsp3) is 0.833. The summed E-state index contributed by atoms with van der Waals surface area (Å²) in [7, 11) is 0. The third-order valence-corrected chi connectivity index (χ3v) is 3.48. The minimum absolute atomic E-state index is 0.0788. The van der Waals surface area contributed by atoms with E-state index in [1.54, 1.807) is 0 Å². The first-order chi connectivity index (χ1) is 8.27. The molecule has 1 amide bonds. The number of amides is 1. The molecule has 1 aliphatic carbocycles. The van der Waals surface area contributed by atoms with Crippen LogP contribution in [0, 0.1) is 16.7 Å². The Morgan fingerprint density at radius 1 is 1.41 bits per heavy atom. The van der Waals surface area contributed by atoms with E-state index in [1.807, 2.05) is 0 Å². The Hall–Kier alpha value is -1.12. The number of rotatable bonds is 3. The van der Waals surface area contributed by atoms with E-state index in [0.29, 0.717) is 39.2 Å². The number of nitrogens with one attached hydrogen (secondary N) is 1. The van der Waals surface area contributed by atoms with Crippen LogP contribution in [0.15, 0.2) is 0 Å². The van der Waals surface area contributed by atoms with Gasteiger partial charge in [0.15, 0.2) is 0 Å². The van der Waals surface area contributed by atoms with E-state index in [2.05, 4.69) is 11.4 Å². The lowest BCUT2D eigenvalue weighted by molar-refractivity contribution is -0.130. The van der Waals surface area contributed by atoms with Crippen molar-refractivity contribution in [1.29, 1.82) is 5.26 Å². The molecule has 0 aromatic rings. The molecule has 0 radical (unpaired) electrons. The normalized spacial score (nSPS) is 27.4. The Labute approximate surface area is 101 Å². The fourth-order valence-corrected chi connectivity index (χ4v) is 2.40. The topological polar surface area (TPSA) is 71.4 Å². The van der Waals surface area contributed by atoms with Crippen molar-refractivity contribution in [3.63, 3.8) is 0 Å². The van der Waals surface area contributed by atoms with Crippen LogP contribution >= 0.6 is 0 Å². The van der Waals surface area contributed by atoms with Gasteiger partial charge in [-0.1, -0.05) is 12.8 Å². The van der Waals surface area contributed by atoms with Crippen molar-refractivity contribution in [2.75, 3.05) is 26.4 Å². The minimum Gasteiger partial charge on any atom is -0.376 e. The van der Waals surface area contributed by atoms with Gasteiger partial charge in [-0.2, -0.15) is 5.26 Å². The van der Waals surface area contributed by atoms with Crippen LogP contribution in [-0.4, -0.2) is 38.4 Å². The van der Waals surface area contributed by atoms with Gasteiger partial charge in [0.05, 0.1) is 32.0 Å². The van der Waals surface area contributed by atoms with Gasteiger partial charge in [-0.05, 0) is 12.8 Å². The molecule has 17 heavy (non-hydrogen) atoms. The molecule has 5 nitrogen and oxygen atoms in total. The Bertz CT molecular complexity index is 312. The van der Waals surface area contributed by atoms with E-state index in [4.69, 9.17) is 14.7 Å². The van der Waals surface area contributed by atoms with Gasteiger partial charge < -0.3 is 14.8 Å². The van der Waals surface area contributed by atoms with Gasteiger partial charge in [0.2, 0.25) is 5.91 Å². The molecule has 2 fully saturated rings. The molecule has 1 saturated carbocycles. The number of hydrogen-bond donors (Lipinski definition) is 1. The standard InChI is InChI=1S/C12H18N2O3/c13-9-12(3-1-2-4-12)11(15)14-7-10-8-16-5-6-17-10/h10H,1-8H2,(H,14,15). The van der Waals surface area contributed by atoms with Crippen LogP contribution in [-0.2, 0) is 14.3 Å². The highest BCUT2D eigenvalue weighted by molar-refractivity contribution is 5.85. The molecular formula is C12H18N2O3. The molecule has 2 aliphatic rings. The third kappa shape index (κ3) is 2.76. The van der Waals surface area contributed by atoms with Gasteiger partial charge in [-0.25, -0.2) is 0 Å². The van der Waals surface area contributed by atoms with E-state index >= 15 is 0 Å². The van der Waals surface area contributed by atoms with E-state index in [9.17, 15) is 4.79 Å². The van der Waals surface area contributed by atoms with Gasteiger partial charge >= 0.3 is 0 Å². The highest BCUT2D eigenvalue weighted by atomic mass is 16.6. The monoisotopic (exact) mass is 238 g/mol. The summed E-state index contributed by atoms with van der Waals surface area (Å²) >= 11 is 0. The third-order valence-electron chi connectivity index (χ3n) is 3.48. The minimum atomic E-state index is -0.796. The number of hydrogen-bond acceptors (Lipinski definition) is 4. The molecule has 0 aromatic carbocycles. The summed E-state index contributed by atoms with van der Waals surface area (Å²) in [6.45, 7) is 2.14. The van der Waals surface area contributed by atoms with Crippen molar-refractivity contribution >= 4 is 5.91 Å². The lowest BCUT2D eigenvalue weighted by atomic mass is 9.87. The van der Waals surface area contributed by atoms with Crippen LogP contribution in [0.4, 0.5) is 0 Å². The first kappa shape index (κ1) is 12.3. The van der Waals surface area contributed by atoms with Crippen molar-refractivity contribution in [1.82, 2.24) is 5.32 Å². The molecule has 1 unspecified atom stereocenters. The largest absolute Gasteiger partial charge is 0.376 e. The van der Waals surface area contributed by atoms with Crippen molar-refractivity contribution in [3.05, 3.63) is 0 Å². The first-order valence-electron chi connectivity index (χ1n) is 6.16. The maximum atomic E-state index is 12.0. The van der Waals surface area contributed by atoms with E-state index < -0.39 is 5.41 Å². The Balaban J connectivity index is 1.82. The summed E-state index contributed by atoms with van der Waals surface area (Å²) in [5.41, 5.74) is -0.796.